The standard InChI is InChI=1S/C21H17Cl2F3N4O2/c1-10-6-19-29(16(11-2-3-11)9-18(21(24,25)26)30(19)27-10)20(31)15-8-17(32-28-15)13-5-4-12(22)7-14(13)23/h4-8,11,16,18H,2-3,9H2,1H3/t16-,18+/m1/s1. The molecule has 11 heteroatoms. The van der Waals surface area contributed by atoms with Gasteiger partial charge in [0.2, 0.25) is 0 Å². The van der Waals surface area contributed by atoms with Gasteiger partial charge < -0.3 is 4.52 Å². The minimum Gasteiger partial charge on any atom is -0.355 e. The van der Waals surface area contributed by atoms with Gasteiger partial charge in [0, 0.05) is 28.8 Å². The summed E-state index contributed by atoms with van der Waals surface area (Å²) in [6, 6.07) is 5.36. The third kappa shape index (κ3) is 3.67. The summed E-state index contributed by atoms with van der Waals surface area (Å²) >= 11 is 12.1. The van der Waals surface area contributed by atoms with Crippen LogP contribution in [0.5, 0.6) is 0 Å². The van der Waals surface area contributed by atoms with Gasteiger partial charge in [-0.2, -0.15) is 18.3 Å². The molecule has 1 fully saturated rings. The van der Waals surface area contributed by atoms with Crippen molar-refractivity contribution in [2.24, 2.45) is 5.92 Å². The second kappa shape index (κ2) is 7.52. The van der Waals surface area contributed by atoms with Crippen LogP contribution < -0.4 is 4.90 Å². The van der Waals surface area contributed by atoms with Crippen molar-refractivity contribution in [2.75, 3.05) is 4.90 Å². The van der Waals surface area contributed by atoms with E-state index in [0.29, 0.717) is 21.3 Å². The van der Waals surface area contributed by atoms with Crippen LogP contribution in [0.25, 0.3) is 11.3 Å². The third-order valence-electron chi connectivity index (χ3n) is 5.87. The summed E-state index contributed by atoms with van der Waals surface area (Å²) in [7, 11) is 0. The monoisotopic (exact) mass is 484 g/mol. The number of benzene rings is 1. The van der Waals surface area contributed by atoms with E-state index in [1.807, 2.05) is 0 Å². The molecule has 2 atom stereocenters. The number of hydrogen-bond acceptors (Lipinski definition) is 4. The van der Waals surface area contributed by atoms with E-state index in [4.69, 9.17) is 27.7 Å². The summed E-state index contributed by atoms with van der Waals surface area (Å²) in [5.74, 6) is -0.159. The lowest BCUT2D eigenvalue weighted by molar-refractivity contribution is -0.174. The molecule has 0 spiro atoms. The normalized spacial score (nSPS) is 21.0. The number of carbonyl (C=O) groups is 1. The first-order valence-corrected chi connectivity index (χ1v) is 10.8. The van der Waals surface area contributed by atoms with Crippen LogP contribution in [0.15, 0.2) is 34.9 Å². The number of hydrogen-bond donors (Lipinski definition) is 0. The summed E-state index contributed by atoms with van der Waals surface area (Å²) in [5, 5.41) is 8.69. The Morgan fingerprint density at radius 2 is 1.94 bits per heavy atom. The third-order valence-corrected chi connectivity index (χ3v) is 6.41. The summed E-state index contributed by atoms with van der Waals surface area (Å²) in [6.45, 7) is 1.60. The maximum absolute atomic E-state index is 13.8. The Hall–Kier alpha value is -2.52. The van der Waals surface area contributed by atoms with E-state index in [-0.39, 0.29) is 29.6 Å². The molecule has 1 amide bonds. The Balaban J connectivity index is 1.54. The van der Waals surface area contributed by atoms with Crippen molar-refractivity contribution in [3.8, 4) is 11.3 Å². The van der Waals surface area contributed by atoms with E-state index in [9.17, 15) is 18.0 Å². The number of alkyl halides is 3. The Bertz CT molecular complexity index is 1200. The van der Waals surface area contributed by atoms with Gasteiger partial charge in [0.25, 0.3) is 5.91 Å². The van der Waals surface area contributed by atoms with Crippen molar-refractivity contribution < 1.29 is 22.5 Å². The molecule has 0 bridgehead atoms. The average molecular weight is 485 g/mol. The molecular weight excluding hydrogens is 468 g/mol. The number of anilines is 1. The molecule has 0 unspecified atom stereocenters. The van der Waals surface area contributed by atoms with E-state index >= 15 is 0 Å². The first-order chi connectivity index (χ1) is 15.1. The maximum Gasteiger partial charge on any atom is 0.410 e. The van der Waals surface area contributed by atoms with Crippen LogP contribution in [0.1, 0.15) is 41.5 Å². The number of halogens is 5. The van der Waals surface area contributed by atoms with Gasteiger partial charge in [-0.1, -0.05) is 28.4 Å². The van der Waals surface area contributed by atoms with Gasteiger partial charge in [-0.3, -0.25) is 9.69 Å². The Morgan fingerprint density at radius 1 is 1.19 bits per heavy atom. The van der Waals surface area contributed by atoms with Crippen LogP contribution in [-0.4, -0.2) is 33.1 Å². The van der Waals surface area contributed by atoms with E-state index in [0.717, 1.165) is 17.5 Å². The minimum atomic E-state index is -4.47. The lowest BCUT2D eigenvalue weighted by Crippen LogP contribution is -2.50. The molecule has 5 rings (SSSR count). The number of amides is 1. The first kappa shape index (κ1) is 21.3. The van der Waals surface area contributed by atoms with Gasteiger partial charge in [0.1, 0.15) is 5.82 Å². The SMILES string of the molecule is Cc1cc2n(n1)[C@H](C(F)(F)F)C[C@H](C1CC1)N2C(=O)c1cc(-c2ccc(Cl)cc2Cl)on1. The first-order valence-electron chi connectivity index (χ1n) is 10.0. The highest BCUT2D eigenvalue weighted by Crippen LogP contribution is 2.48. The number of aromatic nitrogens is 3. The molecule has 1 aromatic carbocycles. The predicted molar refractivity (Wildman–Crippen MR) is 112 cm³/mol. The number of aryl methyl sites for hydroxylation is 1. The number of fused-ring (bicyclic) bond motifs is 1. The van der Waals surface area contributed by atoms with Gasteiger partial charge in [-0.05, 0) is 50.3 Å². The lowest BCUT2D eigenvalue weighted by atomic mass is 9.97. The summed E-state index contributed by atoms with van der Waals surface area (Å²) in [5.41, 5.74) is 0.878. The molecule has 0 N–H and O–H groups in total. The second-order valence-corrected chi connectivity index (χ2v) is 9.01. The van der Waals surface area contributed by atoms with Gasteiger partial charge in [-0.25, -0.2) is 4.68 Å². The molecule has 3 heterocycles. The van der Waals surface area contributed by atoms with Crippen molar-refractivity contribution in [3.63, 3.8) is 0 Å². The van der Waals surface area contributed by atoms with E-state index in [1.54, 1.807) is 19.1 Å². The quantitative estimate of drug-likeness (QED) is 0.451. The summed E-state index contributed by atoms with van der Waals surface area (Å²) < 4.78 is 47.6. The fourth-order valence-electron chi connectivity index (χ4n) is 4.24. The Labute approximate surface area is 190 Å². The molecule has 0 radical (unpaired) electrons. The van der Waals surface area contributed by atoms with Crippen molar-refractivity contribution in [3.05, 3.63) is 51.8 Å². The van der Waals surface area contributed by atoms with Crippen molar-refractivity contribution in [1.82, 2.24) is 14.9 Å². The average Bonchev–Trinajstić information content (AvgIpc) is 3.30. The topological polar surface area (TPSA) is 64.2 Å². The number of carbonyl (C=O) groups excluding carboxylic acids is 1. The van der Waals surface area contributed by atoms with Gasteiger partial charge in [-0.15, -0.1) is 0 Å². The van der Waals surface area contributed by atoms with Crippen LogP contribution in [0, 0.1) is 12.8 Å². The zero-order valence-electron chi connectivity index (χ0n) is 16.7. The summed E-state index contributed by atoms with van der Waals surface area (Å²) in [6.07, 6.45) is -3.17. The van der Waals surface area contributed by atoms with E-state index < -0.39 is 24.2 Å². The number of rotatable bonds is 3. The van der Waals surface area contributed by atoms with Crippen molar-refractivity contribution >= 4 is 34.9 Å². The van der Waals surface area contributed by atoms with Crippen LogP contribution in [0.2, 0.25) is 10.0 Å². The molecule has 3 aromatic rings. The highest BCUT2D eigenvalue weighted by molar-refractivity contribution is 6.36. The van der Waals surface area contributed by atoms with Crippen LogP contribution in [-0.2, 0) is 0 Å². The van der Waals surface area contributed by atoms with Crippen molar-refractivity contribution in [1.29, 1.82) is 0 Å². The van der Waals surface area contributed by atoms with E-state index in [1.165, 1.54) is 23.1 Å². The molecule has 1 aliphatic carbocycles. The second-order valence-electron chi connectivity index (χ2n) is 8.16. The Kier molecular flexibility index (Phi) is 5.01. The molecule has 2 aliphatic rings. The molecule has 2 aromatic heterocycles. The zero-order valence-corrected chi connectivity index (χ0v) is 18.2. The van der Waals surface area contributed by atoms with Gasteiger partial charge >= 0.3 is 6.18 Å². The van der Waals surface area contributed by atoms with Gasteiger partial charge in [0.05, 0.1) is 10.7 Å². The molecule has 32 heavy (non-hydrogen) atoms. The smallest absolute Gasteiger partial charge is 0.355 e. The molecule has 1 saturated carbocycles. The highest BCUT2D eigenvalue weighted by atomic mass is 35.5. The van der Waals surface area contributed by atoms with Crippen molar-refractivity contribution in [2.45, 2.75) is 44.4 Å². The van der Waals surface area contributed by atoms with Gasteiger partial charge in [0.15, 0.2) is 17.5 Å². The zero-order chi connectivity index (χ0) is 22.8. The minimum absolute atomic E-state index is 0.00448. The van der Waals surface area contributed by atoms with Crippen LogP contribution >= 0.6 is 23.2 Å². The van der Waals surface area contributed by atoms with Crippen LogP contribution in [0.3, 0.4) is 0 Å². The highest BCUT2D eigenvalue weighted by Gasteiger charge is 2.53. The largest absolute Gasteiger partial charge is 0.410 e. The lowest BCUT2D eigenvalue weighted by Gasteiger charge is -2.40. The number of nitrogens with zero attached hydrogens (tertiary/aromatic N) is 4. The maximum atomic E-state index is 13.8. The van der Waals surface area contributed by atoms with E-state index in [2.05, 4.69) is 10.3 Å². The predicted octanol–water partition coefficient (Wildman–Crippen LogP) is 6.09. The fourth-order valence-corrected chi connectivity index (χ4v) is 4.74. The molecule has 0 saturated heterocycles. The van der Waals surface area contributed by atoms with Crippen LogP contribution in [0.4, 0.5) is 19.0 Å². The molecule has 168 valence electrons. The summed E-state index contributed by atoms with van der Waals surface area (Å²) in [4.78, 5) is 14.9. The molecule has 1 aliphatic heterocycles. The Morgan fingerprint density at radius 3 is 2.59 bits per heavy atom. The molecular formula is C21H17Cl2F3N4O2. The fraction of sp³-hybridized carbons (Fsp3) is 0.381. The molecule has 6 nitrogen and oxygen atoms in total.